The average molecular weight is 568 g/mol. The first-order chi connectivity index (χ1) is 19.8. The van der Waals surface area contributed by atoms with Gasteiger partial charge < -0.3 is 20.9 Å². The summed E-state index contributed by atoms with van der Waals surface area (Å²) >= 11 is 0. The molecule has 10 nitrogen and oxygen atoms in total. The van der Waals surface area contributed by atoms with Crippen LogP contribution in [-0.2, 0) is 35.6 Å². The van der Waals surface area contributed by atoms with Crippen molar-refractivity contribution in [3.8, 4) is 0 Å². The SMILES string of the molecule is CC(C)[C@@H]1CN(Cc2cc3n(n2)CCCNC3)CC(=O)NCCCc2ccc(F)c(c2)C(=O)N2CCC[C@H]2C(=O)N1. The molecule has 5 rings (SSSR count). The smallest absolute Gasteiger partial charge is 0.257 e. The molecule has 1 aromatic carbocycles. The van der Waals surface area contributed by atoms with Crippen molar-refractivity contribution in [1.82, 2.24) is 35.5 Å². The van der Waals surface area contributed by atoms with E-state index in [-0.39, 0.29) is 35.9 Å². The highest BCUT2D eigenvalue weighted by Gasteiger charge is 2.37. The lowest BCUT2D eigenvalue weighted by Crippen LogP contribution is -2.53. The highest BCUT2D eigenvalue weighted by Crippen LogP contribution is 2.23. The third-order valence-electron chi connectivity index (χ3n) is 8.33. The van der Waals surface area contributed by atoms with Crippen LogP contribution in [0.2, 0.25) is 0 Å². The normalized spacial score (nSPS) is 23.4. The van der Waals surface area contributed by atoms with E-state index in [1.54, 1.807) is 12.1 Å². The third kappa shape index (κ3) is 7.13. The zero-order valence-electron chi connectivity index (χ0n) is 24.1. The molecule has 222 valence electrons. The maximum atomic E-state index is 14.8. The zero-order valence-corrected chi connectivity index (χ0v) is 24.1. The molecule has 1 fully saturated rings. The molecule has 4 heterocycles. The van der Waals surface area contributed by atoms with E-state index in [1.807, 2.05) is 23.4 Å². The van der Waals surface area contributed by atoms with E-state index in [1.165, 1.54) is 11.0 Å². The number of halogens is 1. The van der Waals surface area contributed by atoms with E-state index in [9.17, 15) is 18.8 Å². The molecule has 11 heteroatoms. The predicted molar refractivity (Wildman–Crippen MR) is 152 cm³/mol. The Hall–Kier alpha value is -3.31. The molecule has 2 aromatic rings. The minimum absolute atomic E-state index is 0.00388. The third-order valence-corrected chi connectivity index (χ3v) is 8.33. The molecule has 0 radical (unpaired) electrons. The highest BCUT2D eigenvalue weighted by atomic mass is 19.1. The Labute approximate surface area is 241 Å². The Balaban J connectivity index is 1.39. The molecule has 3 N–H and O–H groups in total. The summed E-state index contributed by atoms with van der Waals surface area (Å²) < 4.78 is 16.8. The van der Waals surface area contributed by atoms with Gasteiger partial charge in [0, 0.05) is 45.3 Å². The Morgan fingerprint density at radius 1 is 1.07 bits per heavy atom. The number of nitrogens with one attached hydrogen (secondary N) is 3. The van der Waals surface area contributed by atoms with Crippen molar-refractivity contribution in [2.75, 3.05) is 32.7 Å². The monoisotopic (exact) mass is 567 g/mol. The molecule has 2 bridgehead atoms. The Morgan fingerprint density at radius 3 is 2.76 bits per heavy atom. The molecule has 0 aliphatic carbocycles. The first kappa shape index (κ1) is 29.2. The second-order valence-electron chi connectivity index (χ2n) is 11.8. The average Bonchev–Trinajstić information content (AvgIpc) is 3.52. The van der Waals surface area contributed by atoms with Gasteiger partial charge in [0.15, 0.2) is 0 Å². The van der Waals surface area contributed by atoms with Gasteiger partial charge in [0.25, 0.3) is 5.91 Å². The number of hydrogen-bond acceptors (Lipinski definition) is 6. The standard InChI is InChI=1S/C30H42FN7O3/c1-20(2)26-18-36(17-22-15-23-16-32-10-5-13-38(23)35-22)19-28(39)33-11-3-6-21-8-9-25(31)24(14-21)30(41)37-12-4-7-27(37)29(40)34-26/h8-9,14-15,20,26-27,32H,3-7,10-13,16-19H2,1-2H3,(H,33,39)(H,34,40)/t26-,27-/m0/s1. The van der Waals surface area contributed by atoms with Crippen molar-refractivity contribution in [2.24, 2.45) is 5.92 Å². The number of aromatic nitrogens is 2. The van der Waals surface area contributed by atoms with Crippen molar-refractivity contribution in [1.29, 1.82) is 0 Å². The van der Waals surface area contributed by atoms with Gasteiger partial charge in [-0.3, -0.25) is 24.0 Å². The molecule has 3 aliphatic heterocycles. The molecule has 3 aliphatic rings. The maximum Gasteiger partial charge on any atom is 0.257 e. The van der Waals surface area contributed by atoms with Crippen LogP contribution < -0.4 is 16.0 Å². The van der Waals surface area contributed by atoms with Crippen LogP contribution >= 0.6 is 0 Å². The van der Waals surface area contributed by atoms with Crippen LogP contribution in [0.5, 0.6) is 0 Å². The molecule has 0 unspecified atom stereocenters. The van der Waals surface area contributed by atoms with Gasteiger partial charge in [-0.2, -0.15) is 5.10 Å². The minimum atomic E-state index is -0.657. The fourth-order valence-electron chi connectivity index (χ4n) is 6.00. The van der Waals surface area contributed by atoms with Gasteiger partial charge in [-0.1, -0.05) is 19.9 Å². The van der Waals surface area contributed by atoms with Gasteiger partial charge in [-0.15, -0.1) is 0 Å². The lowest BCUT2D eigenvalue weighted by Gasteiger charge is -2.32. The van der Waals surface area contributed by atoms with Gasteiger partial charge in [-0.05, 0) is 68.3 Å². The summed E-state index contributed by atoms with van der Waals surface area (Å²) in [5, 5.41) is 14.4. The number of aryl methyl sites for hydroxylation is 2. The van der Waals surface area contributed by atoms with Crippen LogP contribution in [-0.4, -0.2) is 82.1 Å². The molecule has 1 saturated heterocycles. The van der Waals surface area contributed by atoms with Gasteiger partial charge in [0.1, 0.15) is 11.9 Å². The van der Waals surface area contributed by atoms with Crippen molar-refractivity contribution in [2.45, 2.75) is 77.7 Å². The fourth-order valence-corrected chi connectivity index (χ4v) is 6.00. The fraction of sp³-hybridized carbons (Fsp3) is 0.600. The summed E-state index contributed by atoms with van der Waals surface area (Å²) in [6, 6.07) is 5.76. The van der Waals surface area contributed by atoms with Gasteiger partial charge in [0.05, 0.1) is 23.5 Å². The van der Waals surface area contributed by atoms with Crippen LogP contribution in [0.4, 0.5) is 4.39 Å². The van der Waals surface area contributed by atoms with Crippen LogP contribution in [0, 0.1) is 11.7 Å². The first-order valence-corrected chi connectivity index (χ1v) is 14.9. The van der Waals surface area contributed by atoms with E-state index < -0.39 is 17.8 Å². The molecule has 1 aromatic heterocycles. The number of carbonyl (C=O) groups is 3. The number of amides is 3. The van der Waals surface area contributed by atoms with Crippen LogP contribution in [0.25, 0.3) is 0 Å². The van der Waals surface area contributed by atoms with E-state index in [0.29, 0.717) is 51.9 Å². The lowest BCUT2D eigenvalue weighted by atomic mass is 10.0. The Morgan fingerprint density at radius 2 is 1.93 bits per heavy atom. The van der Waals surface area contributed by atoms with Crippen molar-refractivity contribution < 1.29 is 18.8 Å². The largest absolute Gasteiger partial charge is 0.355 e. The second kappa shape index (κ2) is 13.1. The number of nitrogens with zero attached hydrogens (tertiary/aromatic N) is 4. The first-order valence-electron chi connectivity index (χ1n) is 14.9. The topological polar surface area (TPSA) is 112 Å². The van der Waals surface area contributed by atoms with Crippen molar-refractivity contribution >= 4 is 17.7 Å². The molecular weight excluding hydrogens is 525 g/mol. The van der Waals surface area contributed by atoms with Crippen LogP contribution in [0.3, 0.4) is 0 Å². The molecule has 2 atom stereocenters. The Bertz CT molecular complexity index is 1240. The summed E-state index contributed by atoms with van der Waals surface area (Å²) in [5.41, 5.74) is 2.84. The maximum absolute atomic E-state index is 14.8. The number of fused-ring (bicyclic) bond motifs is 4. The Kier molecular flexibility index (Phi) is 9.34. The second-order valence-corrected chi connectivity index (χ2v) is 11.8. The minimum Gasteiger partial charge on any atom is -0.355 e. The van der Waals surface area contributed by atoms with E-state index in [4.69, 9.17) is 5.10 Å². The summed E-state index contributed by atoms with van der Waals surface area (Å²) in [6.45, 7) is 8.65. The quantitative estimate of drug-likeness (QED) is 0.522. The van der Waals surface area contributed by atoms with Crippen LogP contribution in [0.1, 0.15) is 66.8 Å². The summed E-state index contributed by atoms with van der Waals surface area (Å²) in [7, 11) is 0. The molecular formula is C30H42FN7O3. The number of hydrogen-bond donors (Lipinski definition) is 3. The number of carbonyl (C=O) groups excluding carboxylic acids is 3. The van der Waals surface area contributed by atoms with E-state index in [0.717, 1.165) is 43.0 Å². The van der Waals surface area contributed by atoms with Crippen LogP contribution in [0.15, 0.2) is 24.3 Å². The van der Waals surface area contributed by atoms with E-state index >= 15 is 0 Å². The lowest BCUT2D eigenvalue weighted by molar-refractivity contribution is -0.126. The summed E-state index contributed by atoms with van der Waals surface area (Å²) in [5.74, 6) is -1.29. The molecule has 0 spiro atoms. The zero-order chi connectivity index (χ0) is 28.9. The molecule has 0 saturated carbocycles. The summed E-state index contributed by atoms with van der Waals surface area (Å²) in [4.78, 5) is 43.7. The molecule has 41 heavy (non-hydrogen) atoms. The van der Waals surface area contributed by atoms with E-state index in [2.05, 4.69) is 22.0 Å². The molecule has 3 amide bonds. The van der Waals surface area contributed by atoms with Crippen molar-refractivity contribution in [3.05, 3.63) is 52.6 Å². The van der Waals surface area contributed by atoms with Gasteiger partial charge in [-0.25, -0.2) is 4.39 Å². The summed E-state index contributed by atoms with van der Waals surface area (Å²) in [6.07, 6.45) is 3.48. The highest BCUT2D eigenvalue weighted by molar-refractivity contribution is 5.98. The van der Waals surface area contributed by atoms with Gasteiger partial charge >= 0.3 is 0 Å². The predicted octanol–water partition coefficient (Wildman–Crippen LogP) is 1.83. The number of benzene rings is 1. The number of rotatable bonds is 3. The van der Waals surface area contributed by atoms with Crippen molar-refractivity contribution in [3.63, 3.8) is 0 Å². The van der Waals surface area contributed by atoms with Gasteiger partial charge in [0.2, 0.25) is 11.8 Å².